The van der Waals surface area contributed by atoms with Gasteiger partial charge in [-0.3, -0.25) is 4.79 Å². The Morgan fingerprint density at radius 1 is 1.08 bits per heavy atom. The molecule has 2 heterocycles. The minimum absolute atomic E-state index is 0.0371. The Morgan fingerprint density at radius 2 is 1.81 bits per heavy atom. The molecule has 1 N–H and O–H groups in total. The van der Waals surface area contributed by atoms with E-state index >= 15 is 0 Å². The first-order valence-corrected chi connectivity index (χ1v) is 8.28. The molecule has 1 aromatic heterocycles. The first kappa shape index (κ1) is 15.8. The number of carbonyl (C=O) groups is 1. The van der Waals surface area contributed by atoms with E-state index in [4.69, 9.17) is 5.26 Å². The zero-order valence-corrected chi connectivity index (χ0v) is 13.9. The van der Waals surface area contributed by atoms with Crippen molar-refractivity contribution in [2.45, 2.75) is 12.5 Å². The molecule has 0 spiro atoms. The van der Waals surface area contributed by atoms with Gasteiger partial charge < -0.3 is 10.2 Å². The van der Waals surface area contributed by atoms with Crippen molar-refractivity contribution >= 4 is 17.3 Å². The largest absolute Gasteiger partial charge is 0.374 e. The van der Waals surface area contributed by atoms with E-state index in [2.05, 4.69) is 21.5 Å². The summed E-state index contributed by atoms with van der Waals surface area (Å²) in [7, 11) is 0. The smallest absolute Gasteiger partial charge is 0.249 e. The summed E-state index contributed by atoms with van der Waals surface area (Å²) in [4.78, 5) is 18.4. The average Bonchev–Trinajstić information content (AvgIpc) is 3.34. The van der Waals surface area contributed by atoms with E-state index in [0.717, 1.165) is 23.5 Å². The number of nitrogens with one attached hydrogen (secondary N) is 1. The number of anilines is 2. The number of amides is 1. The number of aromatic nitrogens is 3. The van der Waals surface area contributed by atoms with Crippen LogP contribution in [0.1, 0.15) is 12.0 Å². The lowest BCUT2D eigenvalue weighted by molar-refractivity contribution is -0.117. The SMILES string of the molecule is N#Cc1ccc(N2CC[C@H](Nc3ccc(-n4cncn4)cc3)C2=O)cc1. The van der Waals surface area contributed by atoms with Gasteiger partial charge in [-0.2, -0.15) is 10.4 Å². The highest BCUT2D eigenvalue weighted by atomic mass is 16.2. The minimum atomic E-state index is -0.261. The van der Waals surface area contributed by atoms with E-state index in [1.807, 2.05) is 36.4 Å². The van der Waals surface area contributed by atoms with Gasteiger partial charge in [-0.15, -0.1) is 0 Å². The molecule has 1 saturated heterocycles. The van der Waals surface area contributed by atoms with Crippen molar-refractivity contribution in [3.63, 3.8) is 0 Å². The second-order valence-corrected chi connectivity index (χ2v) is 6.02. The van der Waals surface area contributed by atoms with Crippen LogP contribution in [-0.2, 0) is 4.79 Å². The second-order valence-electron chi connectivity index (χ2n) is 6.02. The number of benzene rings is 2. The fourth-order valence-corrected chi connectivity index (χ4v) is 3.04. The number of hydrogen-bond donors (Lipinski definition) is 1. The maximum Gasteiger partial charge on any atom is 0.249 e. The average molecular weight is 344 g/mol. The van der Waals surface area contributed by atoms with Gasteiger partial charge in [0.15, 0.2) is 0 Å². The second kappa shape index (κ2) is 6.69. The zero-order valence-electron chi connectivity index (χ0n) is 13.9. The normalized spacial score (nSPS) is 16.5. The minimum Gasteiger partial charge on any atom is -0.374 e. The molecule has 2 aromatic carbocycles. The van der Waals surface area contributed by atoms with E-state index in [-0.39, 0.29) is 11.9 Å². The summed E-state index contributed by atoms with van der Waals surface area (Å²) in [5.74, 6) is 0.0371. The van der Waals surface area contributed by atoms with Crippen LogP contribution in [0.5, 0.6) is 0 Å². The van der Waals surface area contributed by atoms with Crippen LogP contribution < -0.4 is 10.2 Å². The highest BCUT2D eigenvalue weighted by Gasteiger charge is 2.32. The number of hydrogen-bond acceptors (Lipinski definition) is 5. The summed E-state index contributed by atoms with van der Waals surface area (Å²) >= 11 is 0. The van der Waals surface area contributed by atoms with E-state index in [0.29, 0.717) is 12.1 Å². The summed E-state index contributed by atoms with van der Waals surface area (Å²) in [5, 5.41) is 16.3. The molecule has 0 saturated carbocycles. The number of carbonyl (C=O) groups excluding carboxylic acids is 1. The molecule has 0 radical (unpaired) electrons. The van der Waals surface area contributed by atoms with Gasteiger partial charge >= 0.3 is 0 Å². The molecule has 1 amide bonds. The van der Waals surface area contributed by atoms with Crippen LogP contribution in [0.15, 0.2) is 61.2 Å². The first-order chi connectivity index (χ1) is 12.7. The lowest BCUT2D eigenvalue weighted by Gasteiger charge is -2.18. The Balaban J connectivity index is 1.44. The third-order valence-corrected chi connectivity index (χ3v) is 4.41. The summed E-state index contributed by atoms with van der Waals surface area (Å²) in [6.07, 6.45) is 3.85. The Hall–Kier alpha value is -3.66. The van der Waals surface area contributed by atoms with Crippen LogP contribution in [0.2, 0.25) is 0 Å². The molecule has 7 heteroatoms. The Kier molecular flexibility index (Phi) is 4.07. The topological polar surface area (TPSA) is 86.8 Å². The fraction of sp³-hybridized carbons (Fsp3) is 0.158. The lowest BCUT2D eigenvalue weighted by atomic mass is 10.2. The van der Waals surface area contributed by atoms with E-state index in [9.17, 15) is 4.79 Å². The van der Waals surface area contributed by atoms with Crippen LogP contribution >= 0.6 is 0 Å². The molecule has 1 atom stereocenters. The summed E-state index contributed by atoms with van der Waals surface area (Å²) < 4.78 is 1.68. The van der Waals surface area contributed by atoms with Crippen molar-refractivity contribution < 1.29 is 4.79 Å². The monoisotopic (exact) mass is 344 g/mol. The molecule has 128 valence electrons. The number of nitrogens with zero attached hydrogens (tertiary/aromatic N) is 5. The number of rotatable bonds is 4. The van der Waals surface area contributed by atoms with Crippen LogP contribution in [0.3, 0.4) is 0 Å². The predicted octanol–water partition coefficient (Wildman–Crippen LogP) is 2.36. The molecule has 1 aliphatic rings. The Bertz CT molecular complexity index is 941. The molecular weight excluding hydrogens is 328 g/mol. The number of nitriles is 1. The first-order valence-electron chi connectivity index (χ1n) is 8.28. The van der Waals surface area contributed by atoms with Gasteiger partial charge in [0.2, 0.25) is 5.91 Å². The summed E-state index contributed by atoms with van der Waals surface area (Å²) in [5.41, 5.74) is 3.20. The van der Waals surface area contributed by atoms with Crippen molar-refractivity contribution in [1.29, 1.82) is 5.26 Å². The van der Waals surface area contributed by atoms with Gasteiger partial charge in [0, 0.05) is 17.9 Å². The van der Waals surface area contributed by atoms with E-state index in [1.54, 1.807) is 28.0 Å². The quantitative estimate of drug-likeness (QED) is 0.785. The molecule has 4 rings (SSSR count). The van der Waals surface area contributed by atoms with Gasteiger partial charge in [0.25, 0.3) is 0 Å². The van der Waals surface area contributed by atoms with E-state index in [1.165, 1.54) is 6.33 Å². The van der Waals surface area contributed by atoms with Crippen LogP contribution in [-0.4, -0.2) is 33.3 Å². The van der Waals surface area contributed by atoms with Crippen LogP contribution in [0, 0.1) is 11.3 Å². The zero-order chi connectivity index (χ0) is 17.9. The summed E-state index contributed by atoms with van der Waals surface area (Å²) in [6, 6.07) is 16.6. The predicted molar refractivity (Wildman–Crippen MR) is 96.9 cm³/mol. The van der Waals surface area contributed by atoms with Crippen molar-refractivity contribution in [3.05, 3.63) is 66.7 Å². The van der Waals surface area contributed by atoms with Gasteiger partial charge in [0.1, 0.15) is 18.7 Å². The third kappa shape index (κ3) is 3.00. The molecule has 0 bridgehead atoms. The van der Waals surface area contributed by atoms with Crippen LogP contribution in [0.4, 0.5) is 11.4 Å². The molecule has 0 unspecified atom stereocenters. The maximum absolute atomic E-state index is 12.7. The van der Waals surface area contributed by atoms with Crippen molar-refractivity contribution in [3.8, 4) is 11.8 Å². The maximum atomic E-state index is 12.7. The van der Waals surface area contributed by atoms with Crippen LogP contribution in [0.25, 0.3) is 5.69 Å². The van der Waals surface area contributed by atoms with Crippen molar-refractivity contribution in [1.82, 2.24) is 14.8 Å². The van der Waals surface area contributed by atoms with Crippen molar-refractivity contribution in [2.75, 3.05) is 16.8 Å². The molecule has 3 aromatic rings. The van der Waals surface area contributed by atoms with E-state index < -0.39 is 0 Å². The molecule has 1 fully saturated rings. The van der Waals surface area contributed by atoms with Crippen molar-refractivity contribution in [2.24, 2.45) is 0 Å². The molecular formula is C19H16N6O. The highest BCUT2D eigenvalue weighted by Crippen LogP contribution is 2.24. The van der Waals surface area contributed by atoms with Gasteiger partial charge in [-0.1, -0.05) is 0 Å². The lowest BCUT2D eigenvalue weighted by Crippen LogP contribution is -2.33. The molecule has 0 aliphatic carbocycles. The van der Waals surface area contributed by atoms with Gasteiger partial charge in [0.05, 0.1) is 17.3 Å². The standard InChI is InChI=1S/C19H16N6O/c20-11-14-1-5-16(6-2-14)24-10-9-18(19(24)26)23-15-3-7-17(8-4-15)25-13-21-12-22-25/h1-8,12-13,18,23H,9-10H2/t18-/m0/s1. The Morgan fingerprint density at radius 3 is 2.46 bits per heavy atom. The highest BCUT2D eigenvalue weighted by molar-refractivity contribution is 6.01. The third-order valence-electron chi connectivity index (χ3n) is 4.41. The Labute approximate surface area is 150 Å². The van der Waals surface area contributed by atoms with Gasteiger partial charge in [-0.05, 0) is 55.0 Å². The van der Waals surface area contributed by atoms with Gasteiger partial charge in [-0.25, -0.2) is 9.67 Å². The molecule has 1 aliphatic heterocycles. The molecule has 26 heavy (non-hydrogen) atoms. The summed E-state index contributed by atoms with van der Waals surface area (Å²) in [6.45, 7) is 0.652. The molecule has 7 nitrogen and oxygen atoms in total. The fourth-order valence-electron chi connectivity index (χ4n) is 3.04.